The number of Topliss-reactive ketones (excluding diaryl/α,β-unsaturated/α-hetero) is 1. The minimum Gasteiger partial charge on any atom is -0.353 e. The fraction of sp³-hybridized carbons (Fsp3) is 0.480. The van der Waals surface area contributed by atoms with Crippen molar-refractivity contribution < 1.29 is 14.3 Å². The van der Waals surface area contributed by atoms with Gasteiger partial charge in [0.25, 0.3) is 0 Å². The summed E-state index contributed by atoms with van der Waals surface area (Å²) < 4.78 is 11.8. The Labute approximate surface area is 173 Å². The highest BCUT2D eigenvalue weighted by molar-refractivity contribution is 6.00. The molecule has 4 aliphatic rings. The molecular formula is C25H31NO3. The Morgan fingerprint density at radius 1 is 1.31 bits per heavy atom. The van der Waals surface area contributed by atoms with Gasteiger partial charge in [-0.2, -0.15) is 0 Å². The smallest absolute Gasteiger partial charge is 0.184 e. The van der Waals surface area contributed by atoms with Gasteiger partial charge in [0, 0.05) is 24.0 Å². The summed E-state index contributed by atoms with van der Waals surface area (Å²) in [6, 6.07) is 0. The molecule has 0 aromatic carbocycles. The molecule has 0 bridgehead atoms. The molecule has 1 heterocycles. The lowest BCUT2D eigenvalue weighted by Gasteiger charge is -2.48. The van der Waals surface area contributed by atoms with Gasteiger partial charge in [-0.15, -0.1) is 0 Å². The van der Waals surface area contributed by atoms with E-state index >= 15 is 0 Å². The maximum atomic E-state index is 13.4. The van der Waals surface area contributed by atoms with Crippen LogP contribution < -0.4 is 5.32 Å². The number of fused-ring (bicyclic) bond motifs is 1. The van der Waals surface area contributed by atoms with Gasteiger partial charge >= 0.3 is 0 Å². The van der Waals surface area contributed by atoms with Crippen molar-refractivity contribution >= 4 is 5.78 Å². The predicted molar refractivity (Wildman–Crippen MR) is 115 cm³/mol. The van der Waals surface area contributed by atoms with Crippen LogP contribution in [0.5, 0.6) is 0 Å². The van der Waals surface area contributed by atoms with Gasteiger partial charge in [-0.05, 0) is 54.9 Å². The van der Waals surface area contributed by atoms with Crippen molar-refractivity contribution in [1.82, 2.24) is 5.32 Å². The molecule has 4 nitrogen and oxygen atoms in total. The van der Waals surface area contributed by atoms with E-state index in [-0.39, 0.29) is 17.1 Å². The third kappa shape index (κ3) is 3.84. The lowest BCUT2D eigenvalue weighted by molar-refractivity contribution is -0.205. The molecule has 2 unspecified atom stereocenters. The summed E-state index contributed by atoms with van der Waals surface area (Å²) >= 11 is 0. The van der Waals surface area contributed by atoms with E-state index in [1.807, 2.05) is 12.2 Å². The van der Waals surface area contributed by atoms with E-state index in [0.717, 1.165) is 49.8 Å². The molecule has 4 rings (SSSR count). The van der Waals surface area contributed by atoms with Crippen molar-refractivity contribution in [3.05, 3.63) is 72.2 Å². The molecule has 1 spiro atoms. The molecule has 1 aliphatic heterocycles. The number of rotatable bonds is 5. The number of ether oxygens (including phenoxy) is 2. The van der Waals surface area contributed by atoms with E-state index in [1.54, 1.807) is 6.08 Å². The van der Waals surface area contributed by atoms with Crippen LogP contribution in [0.25, 0.3) is 0 Å². The average Bonchev–Trinajstić information content (AvgIpc) is 3.20. The second kappa shape index (κ2) is 7.92. The topological polar surface area (TPSA) is 47.6 Å². The second-order valence-electron chi connectivity index (χ2n) is 8.72. The highest BCUT2D eigenvalue weighted by atomic mass is 16.7. The van der Waals surface area contributed by atoms with Gasteiger partial charge in [-0.3, -0.25) is 4.79 Å². The normalized spacial score (nSPS) is 31.1. The van der Waals surface area contributed by atoms with Gasteiger partial charge < -0.3 is 14.8 Å². The minimum atomic E-state index is -0.463. The average molecular weight is 394 g/mol. The first-order valence-corrected chi connectivity index (χ1v) is 10.6. The standard InChI is InChI=1S/C25H31NO3/c1-4-21(16-18(2)19-8-6-5-7-9-19)26-22-11-10-20-17-25(28-14-15-29-25)13-12-24(20,3)23(22)27/h4-6,8,11,16,20,26H,1-2,7,9-10,12-15,17H2,3H3/b21-16+. The van der Waals surface area contributed by atoms with E-state index in [2.05, 4.69) is 43.6 Å². The molecule has 0 aromatic rings. The minimum absolute atomic E-state index is 0.180. The molecule has 154 valence electrons. The van der Waals surface area contributed by atoms with Crippen molar-refractivity contribution in [2.24, 2.45) is 11.3 Å². The number of nitrogens with one attached hydrogen (secondary N) is 1. The van der Waals surface area contributed by atoms with Crippen molar-refractivity contribution in [3.63, 3.8) is 0 Å². The zero-order valence-corrected chi connectivity index (χ0v) is 17.3. The molecule has 4 heteroatoms. The van der Waals surface area contributed by atoms with E-state index in [9.17, 15) is 4.79 Å². The zero-order valence-electron chi connectivity index (χ0n) is 17.3. The van der Waals surface area contributed by atoms with Gasteiger partial charge in [0.05, 0.1) is 18.9 Å². The van der Waals surface area contributed by atoms with Gasteiger partial charge in [-0.1, -0.05) is 44.4 Å². The lowest BCUT2D eigenvalue weighted by atomic mass is 9.59. The maximum Gasteiger partial charge on any atom is 0.184 e. The first-order valence-electron chi connectivity index (χ1n) is 10.6. The molecule has 2 atom stereocenters. The molecule has 1 saturated heterocycles. The van der Waals surface area contributed by atoms with Gasteiger partial charge in [-0.25, -0.2) is 0 Å². The number of carbonyl (C=O) groups is 1. The third-order valence-corrected chi connectivity index (χ3v) is 6.92. The Hall–Kier alpha value is -2.17. The first kappa shape index (κ1) is 20.1. The molecule has 1 N–H and O–H groups in total. The summed E-state index contributed by atoms with van der Waals surface area (Å²) in [6.07, 6.45) is 17.3. The molecule has 2 fully saturated rings. The van der Waals surface area contributed by atoms with Crippen LogP contribution >= 0.6 is 0 Å². The van der Waals surface area contributed by atoms with Crippen LogP contribution in [0.2, 0.25) is 0 Å². The van der Waals surface area contributed by atoms with E-state index in [0.29, 0.717) is 18.9 Å². The fourth-order valence-corrected chi connectivity index (χ4v) is 4.98. The third-order valence-electron chi connectivity index (χ3n) is 6.92. The summed E-state index contributed by atoms with van der Waals surface area (Å²) in [5.74, 6) is -0.0348. The molecular weight excluding hydrogens is 362 g/mol. The number of hydrogen-bond acceptors (Lipinski definition) is 4. The van der Waals surface area contributed by atoms with E-state index in [4.69, 9.17) is 9.47 Å². The summed E-state index contributed by atoms with van der Waals surface area (Å²) in [6.45, 7) is 11.5. The van der Waals surface area contributed by atoms with Crippen molar-refractivity contribution in [2.75, 3.05) is 13.2 Å². The lowest BCUT2D eigenvalue weighted by Crippen LogP contribution is -2.51. The number of allylic oxidation sites excluding steroid dienone is 9. The monoisotopic (exact) mass is 393 g/mol. The molecule has 1 saturated carbocycles. The van der Waals surface area contributed by atoms with E-state index in [1.165, 1.54) is 5.57 Å². The largest absolute Gasteiger partial charge is 0.353 e. The number of hydrogen-bond donors (Lipinski definition) is 1. The zero-order chi connectivity index (χ0) is 20.5. The summed E-state index contributed by atoms with van der Waals surface area (Å²) in [4.78, 5) is 13.4. The number of carbonyl (C=O) groups excluding carboxylic acids is 1. The van der Waals surface area contributed by atoms with Crippen LogP contribution in [0, 0.1) is 11.3 Å². The Bertz CT molecular complexity index is 838. The van der Waals surface area contributed by atoms with E-state index < -0.39 is 5.79 Å². The van der Waals surface area contributed by atoms with Gasteiger partial charge in [0.2, 0.25) is 0 Å². The van der Waals surface area contributed by atoms with Crippen LogP contribution in [0.4, 0.5) is 0 Å². The highest BCUT2D eigenvalue weighted by Crippen LogP contribution is 2.52. The van der Waals surface area contributed by atoms with Crippen LogP contribution in [-0.2, 0) is 14.3 Å². The summed E-state index contributed by atoms with van der Waals surface area (Å²) in [5, 5.41) is 3.33. The number of ketones is 1. The Kier molecular flexibility index (Phi) is 5.50. The molecule has 3 aliphatic carbocycles. The van der Waals surface area contributed by atoms with Crippen LogP contribution in [0.1, 0.15) is 45.4 Å². The first-order chi connectivity index (χ1) is 14.0. The second-order valence-corrected chi connectivity index (χ2v) is 8.72. The Balaban J connectivity index is 1.49. The summed E-state index contributed by atoms with van der Waals surface area (Å²) in [7, 11) is 0. The predicted octanol–water partition coefficient (Wildman–Crippen LogP) is 4.88. The van der Waals surface area contributed by atoms with Gasteiger partial charge in [0.15, 0.2) is 11.6 Å². The van der Waals surface area contributed by atoms with Crippen molar-refractivity contribution in [1.29, 1.82) is 0 Å². The maximum absolute atomic E-state index is 13.4. The van der Waals surface area contributed by atoms with Gasteiger partial charge in [0.1, 0.15) is 0 Å². The molecule has 0 amide bonds. The molecule has 0 radical (unpaired) electrons. The quantitative estimate of drug-likeness (QED) is 0.676. The van der Waals surface area contributed by atoms with Crippen LogP contribution in [0.15, 0.2) is 72.2 Å². The molecule has 0 aromatic heterocycles. The van der Waals surface area contributed by atoms with Crippen molar-refractivity contribution in [3.8, 4) is 0 Å². The summed E-state index contributed by atoms with van der Waals surface area (Å²) in [5.41, 5.74) is 3.28. The Morgan fingerprint density at radius 2 is 2.10 bits per heavy atom. The van der Waals surface area contributed by atoms with Crippen molar-refractivity contribution in [2.45, 2.75) is 51.2 Å². The fourth-order valence-electron chi connectivity index (χ4n) is 4.98. The SMILES string of the molecule is C=C/C(=C\C(=C)C1=CC=CCC1)NC1=CCC2CC3(CCC2(C)C1=O)OCCO3. The van der Waals surface area contributed by atoms with Crippen LogP contribution in [0.3, 0.4) is 0 Å². The van der Waals surface area contributed by atoms with Crippen LogP contribution in [-0.4, -0.2) is 24.8 Å². The highest BCUT2D eigenvalue weighted by Gasteiger charge is 2.54. The molecule has 29 heavy (non-hydrogen) atoms. The Morgan fingerprint density at radius 3 is 2.79 bits per heavy atom.